The molecule has 2 rings (SSSR count). The lowest BCUT2D eigenvalue weighted by Gasteiger charge is -2.12. The number of anilines is 2. The first kappa shape index (κ1) is 10.9. The van der Waals surface area contributed by atoms with Crippen molar-refractivity contribution in [2.75, 3.05) is 11.5 Å². The van der Waals surface area contributed by atoms with Gasteiger partial charge in [-0.15, -0.1) is 0 Å². The minimum atomic E-state index is -1.32. The first-order chi connectivity index (χ1) is 7.70. The smallest absolute Gasteiger partial charge is 0.181 e. The van der Waals surface area contributed by atoms with Gasteiger partial charge in [0.05, 0.1) is 11.4 Å². The predicted octanol–water partition coefficient (Wildman–Crippen LogP) is 2.02. The van der Waals surface area contributed by atoms with Gasteiger partial charge in [-0.2, -0.15) is 0 Å². The summed E-state index contributed by atoms with van der Waals surface area (Å²) >= 11 is -1.32. The molecule has 0 aliphatic rings. The van der Waals surface area contributed by atoms with Crippen molar-refractivity contribution >= 4 is 22.6 Å². The van der Waals surface area contributed by atoms with Gasteiger partial charge in [0.2, 0.25) is 0 Å². The van der Waals surface area contributed by atoms with Crippen LogP contribution in [0.25, 0.3) is 0 Å². The molecule has 0 bridgehead atoms. The summed E-state index contributed by atoms with van der Waals surface area (Å²) in [5.74, 6) is 0. The molecular formula is C12H12N2OS. The molecule has 0 heterocycles. The summed E-state index contributed by atoms with van der Waals surface area (Å²) in [6, 6.07) is 14.2. The monoisotopic (exact) mass is 232 g/mol. The van der Waals surface area contributed by atoms with E-state index in [1.807, 2.05) is 24.3 Å². The maximum atomic E-state index is 12.2. The molecule has 0 amide bonds. The maximum absolute atomic E-state index is 12.2. The second kappa shape index (κ2) is 4.47. The molecular weight excluding hydrogens is 220 g/mol. The van der Waals surface area contributed by atoms with Gasteiger partial charge in [-0.1, -0.05) is 24.3 Å². The van der Waals surface area contributed by atoms with Gasteiger partial charge in [0.15, 0.2) is 9.79 Å². The van der Waals surface area contributed by atoms with Gasteiger partial charge in [-0.25, -0.2) is 0 Å². The Labute approximate surface area is 97.3 Å². The molecule has 4 heteroatoms. The van der Waals surface area contributed by atoms with Crippen molar-refractivity contribution in [1.82, 2.24) is 0 Å². The van der Waals surface area contributed by atoms with Crippen LogP contribution in [0.15, 0.2) is 58.3 Å². The second-order valence-corrected chi connectivity index (χ2v) is 4.76. The van der Waals surface area contributed by atoms with Gasteiger partial charge in [0.1, 0.15) is 0 Å². The Hall–Kier alpha value is -1.65. The van der Waals surface area contributed by atoms with Gasteiger partial charge < -0.3 is 16.0 Å². The van der Waals surface area contributed by atoms with Crippen LogP contribution < -0.4 is 11.5 Å². The molecule has 0 fully saturated rings. The third-order valence-corrected chi connectivity index (χ3v) is 3.78. The van der Waals surface area contributed by atoms with Crippen LogP contribution in [0.5, 0.6) is 0 Å². The fourth-order valence-electron chi connectivity index (χ4n) is 1.42. The van der Waals surface area contributed by atoms with Crippen LogP contribution in [0, 0.1) is 0 Å². The molecule has 0 unspecified atom stereocenters. The molecule has 2 aromatic rings. The Morgan fingerprint density at radius 2 is 1.12 bits per heavy atom. The SMILES string of the molecule is Nc1ccccc1[S+]([O-])c1ccccc1N. The van der Waals surface area contributed by atoms with Crippen molar-refractivity contribution < 1.29 is 4.55 Å². The van der Waals surface area contributed by atoms with Crippen molar-refractivity contribution in [2.24, 2.45) is 0 Å². The molecule has 0 aliphatic heterocycles. The number of para-hydroxylation sites is 2. The molecule has 0 aromatic heterocycles. The van der Waals surface area contributed by atoms with Crippen LogP contribution in [0.4, 0.5) is 11.4 Å². The molecule has 2 aromatic carbocycles. The molecule has 4 N–H and O–H groups in total. The summed E-state index contributed by atoms with van der Waals surface area (Å²) in [7, 11) is 0. The maximum Gasteiger partial charge on any atom is 0.181 e. The topological polar surface area (TPSA) is 75.1 Å². The van der Waals surface area contributed by atoms with E-state index in [1.165, 1.54) is 0 Å². The van der Waals surface area contributed by atoms with Crippen LogP contribution in [0.3, 0.4) is 0 Å². The van der Waals surface area contributed by atoms with E-state index in [4.69, 9.17) is 11.5 Å². The Morgan fingerprint density at radius 1 is 0.750 bits per heavy atom. The van der Waals surface area contributed by atoms with E-state index in [-0.39, 0.29) is 0 Å². The predicted molar refractivity (Wildman–Crippen MR) is 66.4 cm³/mol. The second-order valence-electron chi connectivity index (χ2n) is 3.34. The number of hydrogen-bond acceptors (Lipinski definition) is 3. The molecule has 0 atom stereocenters. The van der Waals surface area contributed by atoms with Gasteiger partial charge >= 0.3 is 0 Å². The van der Waals surface area contributed by atoms with Crippen LogP contribution in [-0.4, -0.2) is 4.55 Å². The highest BCUT2D eigenvalue weighted by Gasteiger charge is 2.19. The average Bonchev–Trinajstić information content (AvgIpc) is 2.29. The highest BCUT2D eigenvalue weighted by Crippen LogP contribution is 2.28. The van der Waals surface area contributed by atoms with E-state index in [1.54, 1.807) is 24.3 Å². The summed E-state index contributed by atoms with van der Waals surface area (Å²) < 4.78 is 12.2. The quantitative estimate of drug-likeness (QED) is 0.614. The van der Waals surface area contributed by atoms with E-state index >= 15 is 0 Å². The molecule has 82 valence electrons. The Balaban J connectivity index is 2.44. The number of rotatable bonds is 2. The van der Waals surface area contributed by atoms with E-state index in [9.17, 15) is 4.55 Å². The molecule has 0 radical (unpaired) electrons. The standard InChI is InChI=1S/C12H12N2OS/c13-9-5-1-3-7-11(9)16(15)12-8-4-2-6-10(12)14/h1-8H,13-14H2. The molecule has 0 saturated carbocycles. The van der Waals surface area contributed by atoms with Crippen molar-refractivity contribution in [3.63, 3.8) is 0 Å². The number of nitrogen functional groups attached to an aromatic ring is 2. The third-order valence-electron chi connectivity index (χ3n) is 2.24. The molecule has 0 spiro atoms. The van der Waals surface area contributed by atoms with Gasteiger partial charge in [-0.05, 0) is 24.3 Å². The number of hydrogen-bond donors (Lipinski definition) is 2. The first-order valence-corrected chi connectivity index (χ1v) is 5.96. The number of benzene rings is 2. The highest BCUT2D eigenvalue weighted by atomic mass is 32.2. The van der Waals surface area contributed by atoms with Crippen LogP contribution in [0.1, 0.15) is 0 Å². The number of nitrogens with two attached hydrogens (primary N) is 2. The van der Waals surface area contributed by atoms with Crippen LogP contribution in [0.2, 0.25) is 0 Å². The Bertz CT molecular complexity index is 456. The van der Waals surface area contributed by atoms with Gasteiger partial charge in [0.25, 0.3) is 0 Å². The molecule has 16 heavy (non-hydrogen) atoms. The normalized spacial score (nSPS) is 10.6. The average molecular weight is 232 g/mol. The summed E-state index contributed by atoms with van der Waals surface area (Å²) in [5.41, 5.74) is 12.6. The lowest BCUT2D eigenvalue weighted by Crippen LogP contribution is -2.07. The summed E-state index contributed by atoms with van der Waals surface area (Å²) in [6.45, 7) is 0. The third kappa shape index (κ3) is 1.98. The van der Waals surface area contributed by atoms with E-state index in [0.717, 1.165) is 0 Å². The lowest BCUT2D eigenvalue weighted by atomic mass is 10.3. The van der Waals surface area contributed by atoms with Crippen molar-refractivity contribution in [1.29, 1.82) is 0 Å². The zero-order valence-electron chi connectivity index (χ0n) is 8.59. The zero-order chi connectivity index (χ0) is 11.5. The van der Waals surface area contributed by atoms with E-state index in [2.05, 4.69) is 0 Å². The molecule has 3 nitrogen and oxygen atoms in total. The fourth-order valence-corrected chi connectivity index (χ4v) is 2.62. The van der Waals surface area contributed by atoms with Gasteiger partial charge in [-0.3, -0.25) is 0 Å². The zero-order valence-corrected chi connectivity index (χ0v) is 9.41. The van der Waals surface area contributed by atoms with Gasteiger partial charge in [0, 0.05) is 11.2 Å². The largest absolute Gasteiger partial charge is 0.606 e. The van der Waals surface area contributed by atoms with E-state index < -0.39 is 11.2 Å². The molecule has 0 saturated heterocycles. The minimum Gasteiger partial charge on any atom is -0.606 e. The summed E-state index contributed by atoms with van der Waals surface area (Å²) in [5, 5.41) is 0. The molecule has 0 aliphatic carbocycles. The Kier molecular flexibility index (Phi) is 3.03. The fraction of sp³-hybridized carbons (Fsp3) is 0. The lowest BCUT2D eigenvalue weighted by molar-refractivity contribution is 0.596. The van der Waals surface area contributed by atoms with Crippen molar-refractivity contribution in [3.05, 3.63) is 48.5 Å². The summed E-state index contributed by atoms with van der Waals surface area (Å²) in [4.78, 5) is 1.20. The minimum absolute atomic E-state index is 0.518. The van der Waals surface area contributed by atoms with Crippen molar-refractivity contribution in [2.45, 2.75) is 9.79 Å². The highest BCUT2D eigenvalue weighted by molar-refractivity contribution is 7.91. The van der Waals surface area contributed by atoms with E-state index in [0.29, 0.717) is 21.2 Å². The Morgan fingerprint density at radius 3 is 1.50 bits per heavy atom. The van der Waals surface area contributed by atoms with Crippen LogP contribution >= 0.6 is 0 Å². The first-order valence-electron chi connectivity index (χ1n) is 4.81. The van der Waals surface area contributed by atoms with Crippen molar-refractivity contribution in [3.8, 4) is 0 Å². The summed E-state index contributed by atoms with van der Waals surface area (Å²) in [6.07, 6.45) is 0. The van der Waals surface area contributed by atoms with Crippen LogP contribution in [-0.2, 0) is 11.2 Å².